The Hall–Kier alpha value is -1.80. The topological polar surface area (TPSA) is 3.24 Å². The Morgan fingerprint density at radius 2 is 1.89 bits per heavy atom. The third kappa shape index (κ3) is 2.45. The first-order chi connectivity index (χ1) is 17.3. The van der Waals surface area contributed by atoms with E-state index in [2.05, 4.69) is 102 Å². The van der Waals surface area contributed by atoms with E-state index in [9.17, 15) is 0 Å². The zero-order valence-corrected chi connectivity index (χ0v) is 23.9. The van der Waals surface area contributed by atoms with E-state index in [0.29, 0.717) is 35.8 Å². The van der Waals surface area contributed by atoms with Crippen LogP contribution in [0.25, 0.3) is 0 Å². The maximum absolute atomic E-state index is 4.75. The van der Waals surface area contributed by atoms with Gasteiger partial charge in [0.05, 0.1) is 18.2 Å². The molecule has 2 heteroatoms. The van der Waals surface area contributed by atoms with Gasteiger partial charge in [0.15, 0.2) is 6.17 Å². The van der Waals surface area contributed by atoms with Gasteiger partial charge in [-0.3, -0.25) is 0 Å². The van der Waals surface area contributed by atoms with Crippen LogP contribution in [-0.2, 0) is 5.41 Å². The molecular formula is C34H49N2+. The summed E-state index contributed by atoms with van der Waals surface area (Å²) in [6.45, 7) is 20.9. The number of quaternary nitrogens is 1. The lowest BCUT2D eigenvalue weighted by atomic mass is 9.50. The van der Waals surface area contributed by atoms with E-state index in [1.807, 2.05) is 0 Å². The highest BCUT2D eigenvalue weighted by Gasteiger charge is 2.86. The van der Waals surface area contributed by atoms with Crippen molar-refractivity contribution in [2.24, 2.45) is 34.5 Å². The van der Waals surface area contributed by atoms with Crippen molar-refractivity contribution in [1.29, 1.82) is 0 Å². The average molecular weight is 486 g/mol. The van der Waals surface area contributed by atoms with E-state index in [0.717, 1.165) is 11.0 Å². The minimum Gasteiger partial charge on any atom is -0.326 e. The highest BCUT2D eigenvalue weighted by Crippen LogP contribution is 2.85. The van der Waals surface area contributed by atoms with Crippen molar-refractivity contribution in [2.45, 2.75) is 91.1 Å². The van der Waals surface area contributed by atoms with Crippen LogP contribution in [0, 0.1) is 34.5 Å². The number of rotatable bonds is 5. The first kappa shape index (κ1) is 24.5. The van der Waals surface area contributed by atoms with Gasteiger partial charge in [-0.05, 0) is 80.2 Å². The minimum absolute atomic E-state index is 0.107. The molecule has 6 rings (SSSR count). The molecule has 9 unspecified atom stereocenters. The van der Waals surface area contributed by atoms with E-state index in [-0.39, 0.29) is 16.2 Å². The van der Waals surface area contributed by atoms with Gasteiger partial charge >= 0.3 is 0 Å². The Morgan fingerprint density at radius 3 is 2.53 bits per heavy atom. The van der Waals surface area contributed by atoms with Crippen LogP contribution in [0.2, 0.25) is 0 Å². The summed E-state index contributed by atoms with van der Waals surface area (Å²) in [5.41, 5.74) is 5.58. The molecule has 0 N–H and O–H groups in total. The smallest absolute Gasteiger partial charge is 0.179 e. The van der Waals surface area contributed by atoms with Crippen LogP contribution in [0.3, 0.4) is 0 Å². The van der Waals surface area contributed by atoms with Crippen molar-refractivity contribution in [3.05, 3.63) is 66.5 Å². The summed E-state index contributed by atoms with van der Waals surface area (Å²) in [6.07, 6.45) is 19.1. The van der Waals surface area contributed by atoms with Crippen molar-refractivity contribution < 1.29 is 0 Å². The van der Waals surface area contributed by atoms with Gasteiger partial charge in [0, 0.05) is 23.4 Å². The number of nitrogens with zero attached hydrogens (tertiary/aromatic N) is 2. The van der Waals surface area contributed by atoms with Gasteiger partial charge in [0.2, 0.25) is 0 Å². The van der Waals surface area contributed by atoms with Gasteiger partial charge in [0.25, 0.3) is 0 Å². The fourth-order valence-corrected chi connectivity index (χ4v) is 11.2. The molecule has 2 aliphatic heterocycles. The molecule has 1 aromatic rings. The SMILES string of the molecule is C=CC1(CC)C2C(C)C(CC=CCC2C(C)C)c2cccc3c2C12CC2(CC)C1N(C)C=C[N+]31CC. The molecule has 2 heterocycles. The second-order valence-electron chi connectivity index (χ2n) is 13.4. The standard InChI is InChI=1S/C34H49N2/c1-9-32(10-2)29-24(7)26(17-14-13-16-25(29)23(5)6)27-18-15-19-28-30(27)34(32)22-33(34,11-3)31-35(8)20-21-36(28,31)12-4/h9,13-15,18-21,23-26,29,31H,1,10-12,16-17,22H2,2-8H3/q+1. The van der Waals surface area contributed by atoms with Gasteiger partial charge < -0.3 is 4.90 Å². The normalized spacial score (nSPS) is 45.9. The molecule has 1 aromatic carbocycles. The summed E-state index contributed by atoms with van der Waals surface area (Å²) in [4.78, 5) is 2.60. The predicted molar refractivity (Wildman–Crippen MR) is 154 cm³/mol. The predicted octanol–water partition coefficient (Wildman–Crippen LogP) is 8.36. The molecule has 3 aliphatic carbocycles. The van der Waals surface area contributed by atoms with Crippen molar-refractivity contribution in [2.75, 3.05) is 13.6 Å². The molecule has 0 aromatic heterocycles. The maximum Gasteiger partial charge on any atom is 0.179 e. The van der Waals surface area contributed by atoms with Crippen molar-refractivity contribution in [3.63, 3.8) is 0 Å². The van der Waals surface area contributed by atoms with Crippen LogP contribution in [0.15, 0.2) is 55.4 Å². The van der Waals surface area contributed by atoms with Gasteiger partial charge in [-0.2, -0.15) is 0 Å². The van der Waals surface area contributed by atoms with E-state index in [4.69, 9.17) is 6.58 Å². The summed E-state index contributed by atoms with van der Waals surface area (Å²) < 4.78 is 1.00. The number of allylic oxidation sites excluding steroid dienone is 3. The van der Waals surface area contributed by atoms with Crippen molar-refractivity contribution in [3.8, 4) is 0 Å². The molecular weight excluding hydrogens is 436 g/mol. The second kappa shape index (κ2) is 7.85. The quantitative estimate of drug-likeness (QED) is 0.299. The lowest BCUT2D eigenvalue weighted by molar-refractivity contribution is -0.0156. The Bertz CT molecular complexity index is 1130. The average Bonchev–Trinajstić information content (AvgIpc) is 3.47. The lowest BCUT2D eigenvalue weighted by Gasteiger charge is -2.57. The van der Waals surface area contributed by atoms with Gasteiger partial charge in [-0.1, -0.05) is 65.0 Å². The van der Waals surface area contributed by atoms with E-state index >= 15 is 0 Å². The Labute approximate surface area is 220 Å². The Morgan fingerprint density at radius 1 is 1.14 bits per heavy atom. The molecule has 5 aliphatic rings. The van der Waals surface area contributed by atoms with E-state index < -0.39 is 0 Å². The van der Waals surface area contributed by atoms with Crippen molar-refractivity contribution in [1.82, 2.24) is 9.38 Å². The van der Waals surface area contributed by atoms with Gasteiger partial charge in [-0.15, -0.1) is 6.58 Å². The monoisotopic (exact) mass is 485 g/mol. The number of hydrogen-bond acceptors (Lipinski definition) is 1. The minimum atomic E-state index is 0.107. The summed E-state index contributed by atoms with van der Waals surface area (Å²) >= 11 is 0. The molecule has 194 valence electrons. The summed E-state index contributed by atoms with van der Waals surface area (Å²) in [5.74, 6) is 3.22. The molecule has 2 nitrogen and oxygen atoms in total. The lowest BCUT2D eigenvalue weighted by Crippen LogP contribution is -2.65. The van der Waals surface area contributed by atoms with Crippen LogP contribution in [0.1, 0.15) is 90.7 Å². The Balaban J connectivity index is 1.77. The van der Waals surface area contributed by atoms with Gasteiger partial charge in [0.1, 0.15) is 11.9 Å². The molecule has 0 saturated heterocycles. The third-order valence-electron chi connectivity index (χ3n) is 12.5. The summed E-state index contributed by atoms with van der Waals surface area (Å²) in [6, 6.07) is 7.46. The van der Waals surface area contributed by atoms with E-state index in [1.54, 1.807) is 16.8 Å². The number of hydrogen-bond donors (Lipinski definition) is 0. The van der Waals surface area contributed by atoms with Crippen LogP contribution in [-0.4, -0.2) is 24.7 Å². The zero-order chi connectivity index (χ0) is 25.7. The van der Waals surface area contributed by atoms with Gasteiger partial charge in [-0.25, -0.2) is 4.48 Å². The maximum atomic E-state index is 4.75. The molecule has 1 saturated carbocycles. The highest BCUT2D eigenvalue weighted by molar-refractivity contribution is 5.71. The molecule has 1 spiro atoms. The molecule has 1 fully saturated rings. The van der Waals surface area contributed by atoms with Crippen LogP contribution in [0.4, 0.5) is 5.69 Å². The zero-order valence-electron chi connectivity index (χ0n) is 23.9. The number of fused-ring (bicyclic) bond motifs is 6. The molecule has 0 radical (unpaired) electrons. The first-order valence-corrected chi connectivity index (χ1v) is 15.0. The summed E-state index contributed by atoms with van der Waals surface area (Å²) in [7, 11) is 2.35. The van der Waals surface area contributed by atoms with Crippen molar-refractivity contribution >= 4 is 5.69 Å². The van der Waals surface area contributed by atoms with Crippen LogP contribution in [0.5, 0.6) is 0 Å². The molecule has 0 amide bonds. The largest absolute Gasteiger partial charge is 0.326 e. The fourth-order valence-electron chi connectivity index (χ4n) is 11.2. The summed E-state index contributed by atoms with van der Waals surface area (Å²) in [5, 5.41) is 0. The fraction of sp³-hybridized carbons (Fsp3) is 0.647. The van der Waals surface area contributed by atoms with Crippen LogP contribution >= 0.6 is 0 Å². The number of benzene rings is 1. The third-order valence-corrected chi connectivity index (χ3v) is 12.5. The Kier molecular flexibility index (Phi) is 5.35. The molecule has 9 atom stereocenters. The molecule has 2 bridgehead atoms. The molecule has 36 heavy (non-hydrogen) atoms. The van der Waals surface area contributed by atoms with E-state index in [1.165, 1.54) is 32.1 Å². The highest BCUT2D eigenvalue weighted by atomic mass is 15.5. The second-order valence-corrected chi connectivity index (χ2v) is 13.4. The van der Waals surface area contributed by atoms with Crippen LogP contribution < -0.4 is 4.48 Å². The first-order valence-electron chi connectivity index (χ1n) is 15.0.